The maximum atomic E-state index is 7.16. The lowest BCUT2D eigenvalue weighted by Crippen LogP contribution is -2.67. The Morgan fingerprint density at radius 2 is 1.49 bits per heavy atom. The molecule has 0 spiro atoms. The van der Waals surface area contributed by atoms with E-state index < -0.39 is 8.32 Å². The van der Waals surface area contributed by atoms with Gasteiger partial charge in [0.25, 0.3) is 8.32 Å². The molecule has 0 aliphatic rings. The summed E-state index contributed by atoms with van der Waals surface area (Å²) < 4.78 is 24.6. The largest absolute Gasteiger partial charge is 0.405 e. The zero-order valence-electron chi connectivity index (χ0n) is 24.0. The molecule has 2 aromatic carbocycles. The van der Waals surface area contributed by atoms with E-state index in [9.17, 15) is 0 Å². The van der Waals surface area contributed by atoms with E-state index in [0.717, 1.165) is 19.3 Å². The highest BCUT2D eigenvalue weighted by molar-refractivity contribution is 6.99. The average Bonchev–Trinajstić information content (AvgIpc) is 2.89. The van der Waals surface area contributed by atoms with Gasteiger partial charge in [0, 0.05) is 14.2 Å². The Labute approximate surface area is 226 Å². The van der Waals surface area contributed by atoms with Crippen LogP contribution in [0.3, 0.4) is 0 Å². The van der Waals surface area contributed by atoms with Gasteiger partial charge in [-0.25, -0.2) is 0 Å². The molecular formula is C32H48O4Si. The van der Waals surface area contributed by atoms with E-state index in [0.29, 0.717) is 12.5 Å². The molecule has 0 saturated heterocycles. The molecule has 37 heavy (non-hydrogen) atoms. The minimum Gasteiger partial charge on any atom is -0.405 e. The van der Waals surface area contributed by atoms with Gasteiger partial charge in [-0.3, -0.25) is 0 Å². The summed E-state index contributed by atoms with van der Waals surface area (Å²) >= 11 is 0. The summed E-state index contributed by atoms with van der Waals surface area (Å²) in [6.07, 6.45) is 6.85. The Hall–Kier alpha value is -2.02. The second kappa shape index (κ2) is 15.4. The van der Waals surface area contributed by atoms with Crippen LogP contribution in [0.2, 0.25) is 5.04 Å². The predicted molar refractivity (Wildman–Crippen MR) is 158 cm³/mol. The highest BCUT2D eigenvalue weighted by Crippen LogP contribution is 2.37. The summed E-state index contributed by atoms with van der Waals surface area (Å²) in [7, 11) is 0.741. The van der Waals surface area contributed by atoms with Crippen LogP contribution in [0.1, 0.15) is 53.9 Å². The zero-order valence-corrected chi connectivity index (χ0v) is 25.0. The molecule has 0 aliphatic carbocycles. The molecule has 0 N–H and O–H groups in total. The van der Waals surface area contributed by atoms with Crippen molar-refractivity contribution in [1.82, 2.24) is 0 Å². The summed E-state index contributed by atoms with van der Waals surface area (Å²) in [6, 6.07) is 21.4. The number of allylic oxidation sites excluding steroid dienone is 3. The molecular weight excluding hydrogens is 476 g/mol. The lowest BCUT2D eigenvalue weighted by Gasteiger charge is -2.44. The van der Waals surface area contributed by atoms with Crippen molar-refractivity contribution >= 4 is 18.7 Å². The number of hydrogen-bond donors (Lipinski definition) is 0. The summed E-state index contributed by atoms with van der Waals surface area (Å²) in [5, 5.41) is 2.41. The van der Waals surface area contributed by atoms with Crippen molar-refractivity contribution in [3.05, 3.63) is 85.0 Å². The third-order valence-electron chi connectivity index (χ3n) is 7.02. The fraction of sp³-hybridized carbons (Fsp3) is 0.500. The second-order valence-corrected chi connectivity index (χ2v) is 15.2. The number of benzene rings is 2. The predicted octanol–water partition coefficient (Wildman–Crippen LogP) is 6.51. The maximum Gasteiger partial charge on any atom is 0.261 e. The molecule has 4 nitrogen and oxygen atoms in total. The van der Waals surface area contributed by atoms with Gasteiger partial charge in [0.2, 0.25) is 0 Å². The molecule has 3 atom stereocenters. The van der Waals surface area contributed by atoms with Gasteiger partial charge >= 0.3 is 0 Å². The fourth-order valence-electron chi connectivity index (χ4n) is 5.08. The molecule has 0 radical (unpaired) electrons. The standard InChI is InChI=1S/C32H48O4Si/c1-9-26(2)23-27(3)17-16-22-30(34-8)31(35-25-33-7)24-36-37(32(4,5)6,28-18-12-10-13-19-28)29-20-14-11-15-21-29/h9-15,18-21,23,27,30-31H,1,16-17,22,24-25H2,2-8H3/b26-23+/t27-,30+,31+/m0/s1. The normalized spacial score (nSPS) is 15.3. The van der Waals surface area contributed by atoms with Crippen molar-refractivity contribution in [2.24, 2.45) is 5.92 Å². The van der Waals surface area contributed by atoms with Gasteiger partial charge in [0.1, 0.15) is 12.9 Å². The number of ether oxygens (including phenoxy) is 3. The lowest BCUT2D eigenvalue weighted by molar-refractivity contribution is -0.134. The smallest absolute Gasteiger partial charge is 0.261 e. The van der Waals surface area contributed by atoms with Gasteiger partial charge in [-0.2, -0.15) is 0 Å². The third kappa shape index (κ3) is 8.76. The van der Waals surface area contributed by atoms with Gasteiger partial charge in [-0.05, 0) is 41.1 Å². The molecule has 0 amide bonds. The van der Waals surface area contributed by atoms with Crippen LogP contribution in [0.5, 0.6) is 0 Å². The molecule has 204 valence electrons. The first kappa shape index (κ1) is 31.2. The highest BCUT2D eigenvalue weighted by atomic mass is 28.4. The Morgan fingerprint density at radius 3 is 1.95 bits per heavy atom. The Kier molecular flexibility index (Phi) is 13.0. The first-order valence-corrected chi connectivity index (χ1v) is 15.3. The molecule has 0 aromatic heterocycles. The van der Waals surface area contributed by atoms with Crippen LogP contribution in [-0.4, -0.2) is 48.1 Å². The number of hydrogen-bond acceptors (Lipinski definition) is 4. The number of methoxy groups -OCH3 is 2. The fourth-order valence-corrected chi connectivity index (χ4v) is 9.65. The van der Waals surface area contributed by atoms with Crippen molar-refractivity contribution in [2.75, 3.05) is 27.6 Å². The summed E-state index contributed by atoms with van der Waals surface area (Å²) in [5.74, 6) is 0.488. The minimum absolute atomic E-state index is 0.0926. The minimum atomic E-state index is -2.68. The van der Waals surface area contributed by atoms with Crippen LogP contribution < -0.4 is 10.4 Å². The Balaban J connectivity index is 2.32. The van der Waals surface area contributed by atoms with Crippen molar-refractivity contribution in [2.45, 2.75) is 71.1 Å². The first-order chi connectivity index (χ1) is 17.7. The van der Waals surface area contributed by atoms with Crippen molar-refractivity contribution in [3.63, 3.8) is 0 Å². The average molecular weight is 525 g/mol. The Morgan fingerprint density at radius 1 is 0.919 bits per heavy atom. The Bertz CT molecular complexity index is 897. The lowest BCUT2D eigenvalue weighted by atomic mass is 9.98. The van der Waals surface area contributed by atoms with Crippen LogP contribution in [0.25, 0.3) is 0 Å². The number of rotatable bonds is 16. The van der Waals surface area contributed by atoms with Crippen molar-refractivity contribution in [1.29, 1.82) is 0 Å². The molecule has 0 saturated carbocycles. The van der Waals surface area contributed by atoms with E-state index in [-0.39, 0.29) is 24.0 Å². The van der Waals surface area contributed by atoms with Crippen LogP contribution >= 0.6 is 0 Å². The summed E-state index contributed by atoms with van der Waals surface area (Å²) in [4.78, 5) is 0. The van der Waals surface area contributed by atoms with E-state index in [1.54, 1.807) is 14.2 Å². The summed E-state index contributed by atoms with van der Waals surface area (Å²) in [6.45, 7) is 15.7. The quantitative estimate of drug-likeness (QED) is 0.143. The topological polar surface area (TPSA) is 36.9 Å². The van der Waals surface area contributed by atoms with Gasteiger partial charge in [-0.15, -0.1) is 0 Å². The van der Waals surface area contributed by atoms with Gasteiger partial charge in [0.15, 0.2) is 0 Å². The summed E-state index contributed by atoms with van der Waals surface area (Å²) in [5.41, 5.74) is 1.22. The van der Waals surface area contributed by atoms with Crippen LogP contribution in [0, 0.1) is 5.92 Å². The maximum absolute atomic E-state index is 7.16. The molecule has 2 rings (SSSR count). The first-order valence-electron chi connectivity index (χ1n) is 13.4. The van der Waals surface area contributed by atoms with Gasteiger partial charge in [-0.1, -0.05) is 119 Å². The van der Waals surface area contributed by atoms with E-state index in [1.807, 2.05) is 6.08 Å². The van der Waals surface area contributed by atoms with Crippen molar-refractivity contribution < 1.29 is 18.6 Å². The van der Waals surface area contributed by atoms with Crippen LogP contribution in [0.4, 0.5) is 0 Å². The van der Waals surface area contributed by atoms with E-state index >= 15 is 0 Å². The zero-order chi connectivity index (χ0) is 27.3. The molecule has 0 unspecified atom stereocenters. The van der Waals surface area contributed by atoms with Gasteiger partial charge < -0.3 is 18.6 Å². The highest BCUT2D eigenvalue weighted by Gasteiger charge is 2.50. The molecule has 0 heterocycles. The molecule has 5 heteroatoms. The van der Waals surface area contributed by atoms with E-state index in [2.05, 4.69) is 108 Å². The molecule has 0 fully saturated rings. The monoisotopic (exact) mass is 524 g/mol. The molecule has 0 aliphatic heterocycles. The van der Waals surface area contributed by atoms with Crippen LogP contribution in [0.15, 0.2) is 85.0 Å². The van der Waals surface area contributed by atoms with E-state index in [4.69, 9.17) is 18.6 Å². The molecule has 0 bridgehead atoms. The van der Waals surface area contributed by atoms with Crippen molar-refractivity contribution in [3.8, 4) is 0 Å². The SMILES string of the molecule is C=C/C(C)=C/[C@@H](C)CCC[C@@H](OC)[C@@H](CO[Si](c1ccccc1)(c1ccccc1)C(C)(C)C)OCOC. The van der Waals surface area contributed by atoms with Gasteiger partial charge in [0.05, 0.1) is 12.7 Å². The third-order valence-corrected chi connectivity index (χ3v) is 12.0. The van der Waals surface area contributed by atoms with Crippen LogP contribution in [-0.2, 0) is 18.6 Å². The molecule has 2 aromatic rings. The second-order valence-electron chi connectivity index (χ2n) is 10.9. The van der Waals surface area contributed by atoms with E-state index in [1.165, 1.54) is 15.9 Å².